The molecule has 0 aromatic heterocycles. The van der Waals surface area contributed by atoms with E-state index in [0.29, 0.717) is 37.1 Å². The minimum atomic E-state index is -0.0664. The smallest absolute Gasteiger partial charge is 0.220 e. The van der Waals surface area contributed by atoms with Crippen molar-refractivity contribution < 1.29 is 19.0 Å². The van der Waals surface area contributed by atoms with Gasteiger partial charge in [0.25, 0.3) is 0 Å². The molecule has 2 rings (SSSR count). The third-order valence-corrected chi connectivity index (χ3v) is 3.47. The van der Waals surface area contributed by atoms with Gasteiger partial charge >= 0.3 is 0 Å². The number of benzene rings is 1. The summed E-state index contributed by atoms with van der Waals surface area (Å²) in [7, 11) is 3.20. The summed E-state index contributed by atoms with van der Waals surface area (Å²) in [5, 5.41) is 2.99. The van der Waals surface area contributed by atoms with E-state index in [1.165, 1.54) is 0 Å². The average molecular weight is 279 g/mol. The zero-order valence-corrected chi connectivity index (χ0v) is 12.1. The van der Waals surface area contributed by atoms with Crippen LogP contribution in [0, 0.1) is 5.92 Å². The number of amides is 1. The Balaban J connectivity index is 1.97. The third kappa shape index (κ3) is 3.42. The highest BCUT2D eigenvalue weighted by atomic mass is 16.5. The maximum absolute atomic E-state index is 11.9. The van der Waals surface area contributed by atoms with E-state index in [2.05, 4.69) is 5.32 Å². The molecule has 5 nitrogen and oxygen atoms in total. The molecule has 1 heterocycles. The van der Waals surface area contributed by atoms with E-state index >= 15 is 0 Å². The largest absolute Gasteiger partial charge is 0.493 e. The first kappa shape index (κ1) is 14.7. The van der Waals surface area contributed by atoms with Crippen molar-refractivity contribution in [3.05, 3.63) is 23.8 Å². The topological polar surface area (TPSA) is 56.8 Å². The average Bonchev–Trinajstić information content (AvgIpc) is 2.42. The quantitative estimate of drug-likeness (QED) is 0.864. The second-order valence-electron chi connectivity index (χ2n) is 5.01. The highest BCUT2D eigenvalue weighted by Crippen LogP contribution is 2.30. The Morgan fingerprint density at radius 1 is 1.35 bits per heavy atom. The van der Waals surface area contributed by atoms with Crippen molar-refractivity contribution >= 4 is 5.91 Å². The maximum Gasteiger partial charge on any atom is 0.220 e. The van der Waals surface area contributed by atoms with Crippen molar-refractivity contribution in [2.45, 2.75) is 19.4 Å². The Bertz CT molecular complexity index is 471. The van der Waals surface area contributed by atoms with Gasteiger partial charge in [-0.3, -0.25) is 4.79 Å². The van der Waals surface area contributed by atoms with E-state index < -0.39 is 0 Å². The van der Waals surface area contributed by atoms with E-state index in [1.54, 1.807) is 14.2 Å². The van der Waals surface area contributed by atoms with Crippen LogP contribution < -0.4 is 14.8 Å². The van der Waals surface area contributed by atoms with Crippen molar-refractivity contribution in [3.63, 3.8) is 0 Å². The predicted molar refractivity (Wildman–Crippen MR) is 75.0 cm³/mol. The van der Waals surface area contributed by atoms with Crippen LogP contribution in [0.3, 0.4) is 0 Å². The summed E-state index contributed by atoms with van der Waals surface area (Å²) >= 11 is 0. The normalized spacial score (nSPS) is 16.1. The lowest BCUT2D eigenvalue weighted by Gasteiger charge is -2.26. The second kappa shape index (κ2) is 6.61. The van der Waals surface area contributed by atoms with Gasteiger partial charge in [-0.25, -0.2) is 0 Å². The standard InChI is InChI=1S/C15H21NO4/c1-10(16-15(17)6-11-8-20-9-11)12-4-5-13(18-2)14(7-12)19-3/h4-5,7,10-11H,6,8-9H2,1-3H3,(H,16,17). The molecule has 1 unspecified atom stereocenters. The number of hydrogen-bond acceptors (Lipinski definition) is 4. The highest BCUT2D eigenvalue weighted by Gasteiger charge is 2.22. The summed E-state index contributed by atoms with van der Waals surface area (Å²) in [5.41, 5.74) is 0.987. The molecule has 1 amide bonds. The number of rotatable bonds is 6. The fourth-order valence-electron chi connectivity index (χ4n) is 2.17. The number of ether oxygens (including phenoxy) is 3. The molecule has 0 bridgehead atoms. The fraction of sp³-hybridized carbons (Fsp3) is 0.533. The van der Waals surface area contributed by atoms with E-state index in [4.69, 9.17) is 14.2 Å². The minimum Gasteiger partial charge on any atom is -0.493 e. The van der Waals surface area contributed by atoms with Crippen molar-refractivity contribution in [2.75, 3.05) is 27.4 Å². The van der Waals surface area contributed by atoms with Crippen LogP contribution in [-0.4, -0.2) is 33.3 Å². The van der Waals surface area contributed by atoms with Crippen molar-refractivity contribution in [1.82, 2.24) is 5.32 Å². The molecule has 0 radical (unpaired) electrons. The van der Waals surface area contributed by atoms with Gasteiger partial charge in [-0.15, -0.1) is 0 Å². The Morgan fingerprint density at radius 2 is 2.05 bits per heavy atom. The molecule has 1 aliphatic heterocycles. The fourth-order valence-corrected chi connectivity index (χ4v) is 2.17. The molecule has 1 aliphatic rings. The Morgan fingerprint density at radius 3 is 2.60 bits per heavy atom. The van der Waals surface area contributed by atoms with Crippen LogP contribution in [0.15, 0.2) is 18.2 Å². The van der Waals surface area contributed by atoms with Gasteiger partial charge in [-0.05, 0) is 24.6 Å². The van der Waals surface area contributed by atoms with Crippen LogP contribution in [0.5, 0.6) is 11.5 Å². The van der Waals surface area contributed by atoms with Gasteiger partial charge in [0.2, 0.25) is 5.91 Å². The van der Waals surface area contributed by atoms with Gasteiger partial charge in [0.15, 0.2) is 11.5 Å². The van der Waals surface area contributed by atoms with Gasteiger partial charge in [-0.1, -0.05) is 6.07 Å². The third-order valence-electron chi connectivity index (χ3n) is 3.47. The van der Waals surface area contributed by atoms with Crippen molar-refractivity contribution in [1.29, 1.82) is 0 Å². The zero-order valence-electron chi connectivity index (χ0n) is 12.1. The second-order valence-corrected chi connectivity index (χ2v) is 5.01. The summed E-state index contributed by atoms with van der Waals surface area (Å²) in [4.78, 5) is 11.9. The van der Waals surface area contributed by atoms with E-state index in [9.17, 15) is 4.79 Å². The van der Waals surface area contributed by atoms with Crippen LogP contribution in [0.1, 0.15) is 24.9 Å². The van der Waals surface area contributed by atoms with Gasteiger partial charge in [0.1, 0.15) is 0 Å². The Hall–Kier alpha value is -1.75. The molecule has 0 aliphatic carbocycles. The summed E-state index contributed by atoms with van der Waals surface area (Å²) in [6.45, 7) is 3.34. The molecule has 1 saturated heterocycles. The van der Waals surface area contributed by atoms with Crippen LogP contribution in [-0.2, 0) is 9.53 Å². The summed E-state index contributed by atoms with van der Waals surface area (Å²) in [5.74, 6) is 1.77. The molecule has 0 spiro atoms. The van der Waals surface area contributed by atoms with E-state index in [-0.39, 0.29) is 11.9 Å². The molecule has 1 aromatic rings. The molecule has 1 aromatic carbocycles. The van der Waals surface area contributed by atoms with Crippen molar-refractivity contribution in [3.8, 4) is 11.5 Å². The number of nitrogens with one attached hydrogen (secondary N) is 1. The summed E-state index contributed by atoms with van der Waals surface area (Å²) < 4.78 is 15.5. The molecule has 20 heavy (non-hydrogen) atoms. The molecule has 1 atom stereocenters. The lowest BCUT2D eigenvalue weighted by atomic mass is 10.0. The first-order valence-corrected chi connectivity index (χ1v) is 6.73. The Kier molecular flexibility index (Phi) is 4.84. The lowest BCUT2D eigenvalue weighted by Crippen LogP contribution is -2.35. The number of methoxy groups -OCH3 is 2. The first-order chi connectivity index (χ1) is 9.63. The predicted octanol–water partition coefficient (Wildman–Crippen LogP) is 1.92. The molecule has 1 N–H and O–H groups in total. The van der Waals surface area contributed by atoms with Crippen LogP contribution in [0.4, 0.5) is 0 Å². The minimum absolute atomic E-state index is 0.0561. The monoisotopic (exact) mass is 279 g/mol. The van der Waals surface area contributed by atoms with Gasteiger partial charge < -0.3 is 19.5 Å². The molecule has 5 heteroatoms. The lowest BCUT2D eigenvalue weighted by molar-refractivity contribution is -0.127. The molecule has 110 valence electrons. The molecule has 0 saturated carbocycles. The van der Waals surface area contributed by atoms with Crippen molar-refractivity contribution in [2.24, 2.45) is 5.92 Å². The summed E-state index contributed by atoms with van der Waals surface area (Å²) in [6, 6.07) is 5.59. The zero-order chi connectivity index (χ0) is 14.5. The van der Waals surface area contributed by atoms with Gasteiger partial charge in [0.05, 0.1) is 33.5 Å². The molecular weight excluding hydrogens is 258 g/mol. The maximum atomic E-state index is 11.9. The number of hydrogen-bond donors (Lipinski definition) is 1. The van der Waals surface area contributed by atoms with Gasteiger partial charge in [0, 0.05) is 12.3 Å². The first-order valence-electron chi connectivity index (χ1n) is 6.73. The molecule has 1 fully saturated rings. The van der Waals surface area contributed by atoms with Crippen LogP contribution >= 0.6 is 0 Å². The van der Waals surface area contributed by atoms with Gasteiger partial charge in [-0.2, -0.15) is 0 Å². The van der Waals surface area contributed by atoms with E-state index in [1.807, 2.05) is 25.1 Å². The number of carbonyl (C=O) groups is 1. The highest BCUT2D eigenvalue weighted by molar-refractivity contribution is 5.76. The summed E-state index contributed by atoms with van der Waals surface area (Å²) in [6.07, 6.45) is 0.525. The van der Waals surface area contributed by atoms with E-state index in [0.717, 1.165) is 5.56 Å². The van der Waals surface area contributed by atoms with Crippen LogP contribution in [0.2, 0.25) is 0 Å². The SMILES string of the molecule is COc1ccc(C(C)NC(=O)CC2COC2)cc1OC. The Labute approximate surface area is 119 Å². The molecular formula is C15H21NO4. The van der Waals surface area contributed by atoms with Crippen LogP contribution in [0.25, 0.3) is 0 Å². The number of carbonyl (C=O) groups excluding carboxylic acids is 1.